The van der Waals surface area contributed by atoms with Gasteiger partial charge in [-0.05, 0) is 36.6 Å². The fourth-order valence-corrected chi connectivity index (χ4v) is 6.08. The smallest absolute Gasteiger partial charge is 0.321 e. The van der Waals surface area contributed by atoms with E-state index in [2.05, 4.69) is 11.0 Å². The number of nitrogens with two attached hydrogens (primary N) is 1. The lowest BCUT2D eigenvalue weighted by atomic mass is 9.83. The van der Waals surface area contributed by atoms with E-state index in [0.717, 1.165) is 75.0 Å². The van der Waals surface area contributed by atoms with Crippen molar-refractivity contribution in [2.75, 3.05) is 43.2 Å². The van der Waals surface area contributed by atoms with Gasteiger partial charge >= 0.3 is 6.03 Å². The van der Waals surface area contributed by atoms with Crippen molar-refractivity contribution in [2.45, 2.75) is 50.7 Å². The van der Waals surface area contributed by atoms with Crippen molar-refractivity contribution in [3.05, 3.63) is 59.7 Å². The maximum atomic E-state index is 14.5. The van der Waals surface area contributed by atoms with Crippen molar-refractivity contribution >= 4 is 29.5 Å². The van der Waals surface area contributed by atoms with E-state index >= 15 is 0 Å². The van der Waals surface area contributed by atoms with Crippen molar-refractivity contribution in [3.63, 3.8) is 0 Å². The molecule has 8 nitrogen and oxygen atoms in total. The second-order valence-electron chi connectivity index (χ2n) is 10.3. The Morgan fingerprint density at radius 1 is 1.08 bits per heavy atom. The molecule has 2 N–H and O–H groups in total. The quantitative estimate of drug-likeness (QED) is 0.620. The van der Waals surface area contributed by atoms with Crippen LogP contribution in [-0.2, 0) is 16.1 Å². The van der Waals surface area contributed by atoms with Gasteiger partial charge in [0.25, 0.3) is 5.91 Å². The zero-order chi connectivity index (χ0) is 25.8. The third-order valence-electron chi connectivity index (χ3n) is 7.98. The number of urea groups is 1. The van der Waals surface area contributed by atoms with Crippen LogP contribution in [0.2, 0.25) is 0 Å². The summed E-state index contributed by atoms with van der Waals surface area (Å²) in [6, 6.07) is 14.9. The molecule has 0 bridgehead atoms. The monoisotopic (exact) mass is 503 g/mol. The second-order valence-corrected chi connectivity index (χ2v) is 10.3. The van der Waals surface area contributed by atoms with E-state index in [-0.39, 0.29) is 11.8 Å². The van der Waals surface area contributed by atoms with Crippen LogP contribution >= 0.6 is 0 Å². The number of primary amides is 1. The molecule has 2 heterocycles. The van der Waals surface area contributed by atoms with Gasteiger partial charge in [0, 0.05) is 50.1 Å². The minimum absolute atomic E-state index is 0.147. The van der Waals surface area contributed by atoms with E-state index in [9.17, 15) is 9.59 Å². The van der Waals surface area contributed by atoms with Gasteiger partial charge in [-0.3, -0.25) is 19.6 Å². The molecule has 196 valence electrons. The molecule has 37 heavy (non-hydrogen) atoms. The van der Waals surface area contributed by atoms with E-state index < -0.39 is 11.7 Å². The van der Waals surface area contributed by atoms with Gasteiger partial charge in [-0.2, -0.15) is 0 Å². The van der Waals surface area contributed by atoms with Crippen LogP contribution in [0.1, 0.15) is 49.7 Å². The van der Waals surface area contributed by atoms with Gasteiger partial charge in [0.05, 0.1) is 18.9 Å². The summed E-state index contributed by atoms with van der Waals surface area (Å²) in [6.07, 6.45) is 7.60. The molecule has 0 spiro atoms. The summed E-state index contributed by atoms with van der Waals surface area (Å²) < 4.78 is 5.49. The van der Waals surface area contributed by atoms with Gasteiger partial charge in [0.15, 0.2) is 0 Å². The second kappa shape index (κ2) is 11.0. The summed E-state index contributed by atoms with van der Waals surface area (Å²) in [7, 11) is 1.77. The number of aliphatic imine (C=N–C) groups is 1. The van der Waals surface area contributed by atoms with Gasteiger partial charge in [-0.15, -0.1) is 0 Å². The molecule has 1 unspecified atom stereocenters. The molecule has 2 aliphatic heterocycles. The number of morpholine rings is 1. The lowest BCUT2D eigenvalue weighted by Gasteiger charge is -2.44. The number of carbonyl (C=O) groups excluding carboxylic acids is 2. The average molecular weight is 504 g/mol. The number of benzodiazepines with no additional fused rings is 1. The lowest BCUT2D eigenvalue weighted by Crippen LogP contribution is -2.65. The minimum atomic E-state index is -1.46. The Balaban J connectivity index is 1.61. The predicted molar refractivity (Wildman–Crippen MR) is 146 cm³/mol. The van der Waals surface area contributed by atoms with Crippen LogP contribution in [0.4, 0.5) is 16.2 Å². The molecular formula is C29H37N5O3. The maximum Gasteiger partial charge on any atom is 0.321 e. The van der Waals surface area contributed by atoms with Gasteiger partial charge in [-0.1, -0.05) is 56.0 Å². The molecule has 2 aromatic carbocycles. The van der Waals surface area contributed by atoms with Crippen LogP contribution in [0, 0.1) is 5.92 Å². The Morgan fingerprint density at radius 2 is 1.81 bits per heavy atom. The summed E-state index contributed by atoms with van der Waals surface area (Å²) in [5, 5.41) is 0. The highest BCUT2D eigenvalue weighted by atomic mass is 16.5. The largest absolute Gasteiger partial charge is 0.379 e. The van der Waals surface area contributed by atoms with Crippen LogP contribution in [0.25, 0.3) is 0 Å². The highest BCUT2D eigenvalue weighted by molar-refractivity contribution is 6.12. The lowest BCUT2D eigenvalue weighted by molar-refractivity contribution is -0.125. The standard InChI is InChI=1S/C29H37N5O3/c1-32-26-14-7-6-10-23(26)20-31-29(27(32)35,24-11-4-2-3-5-12-24)34(28(30)36)25-13-8-9-22(19-25)21-33-15-17-37-18-16-33/h6-10,13-14,19-20,24H,2-5,11-12,15-18,21H2,1H3,(H2,30,36). The number of para-hydroxylation sites is 1. The Morgan fingerprint density at radius 3 is 2.54 bits per heavy atom. The average Bonchev–Trinajstić information content (AvgIpc) is 3.25. The molecule has 1 saturated heterocycles. The van der Waals surface area contributed by atoms with Crippen LogP contribution in [-0.4, -0.2) is 62.1 Å². The first-order chi connectivity index (χ1) is 18.0. The van der Waals surface area contributed by atoms with Gasteiger partial charge in [0.1, 0.15) is 0 Å². The maximum absolute atomic E-state index is 14.5. The number of benzene rings is 2. The Hall–Kier alpha value is -3.23. The Labute approximate surface area is 219 Å². The zero-order valence-electron chi connectivity index (χ0n) is 21.6. The van der Waals surface area contributed by atoms with E-state index in [0.29, 0.717) is 18.9 Å². The number of carbonyl (C=O) groups is 2. The van der Waals surface area contributed by atoms with Crippen molar-refractivity contribution < 1.29 is 14.3 Å². The van der Waals surface area contributed by atoms with E-state index in [1.807, 2.05) is 42.5 Å². The summed E-state index contributed by atoms with van der Waals surface area (Å²) >= 11 is 0. The summed E-state index contributed by atoms with van der Waals surface area (Å²) in [4.78, 5) is 38.3. The van der Waals surface area contributed by atoms with Gasteiger partial charge in [-0.25, -0.2) is 4.79 Å². The molecule has 0 aromatic heterocycles. The molecule has 1 aliphatic carbocycles. The van der Waals surface area contributed by atoms with Crippen LogP contribution in [0.15, 0.2) is 53.5 Å². The van der Waals surface area contributed by atoms with Gasteiger partial charge < -0.3 is 15.4 Å². The molecule has 3 amide bonds. The molecule has 1 saturated carbocycles. The molecule has 3 aliphatic rings. The number of amides is 3. The fraction of sp³-hybridized carbons (Fsp3) is 0.483. The number of ether oxygens (including phenoxy) is 1. The Kier molecular flexibility index (Phi) is 7.58. The summed E-state index contributed by atoms with van der Waals surface area (Å²) in [6.45, 7) is 3.90. The number of rotatable bonds is 5. The van der Waals surface area contributed by atoms with E-state index in [1.54, 1.807) is 18.2 Å². The molecule has 5 rings (SSSR count). The summed E-state index contributed by atoms with van der Waals surface area (Å²) in [5.74, 6) is -0.371. The van der Waals surface area contributed by atoms with E-state index in [4.69, 9.17) is 15.5 Å². The van der Waals surface area contributed by atoms with Crippen molar-refractivity contribution in [2.24, 2.45) is 16.6 Å². The minimum Gasteiger partial charge on any atom is -0.379 e. The highest BCUT2D eigenvalue weighted by Crippen LogP contribution is 2.43. The first-order valence-corrected chi connectivity index (χ1v) is 13.4. The SMILES string of the molecule is CN1C(=O)C(C2CCCCCC2)(N(C(N)=O)c2cccc(CN3CCOCC3)c2)N=Cc2ccccc21. The number of hydrogen-bond donors (Lipinski definition) is 1. The fourth-order valence-electron chi connectivity index (χ4n) is 6.08. The normalized spacial score (nSPS) is 23.3. The predicted octanol–water partition coefficient (Wildman–Crippen LogP) is 4.17. The Bertz CT molecular complexity index is 1150. The molecular weight excluding hydrogens is 466 g/mol. The van der Waals surface area contributed by atoms with Crippen LogP contribution < -0.4 is 15.5 Å². The number of likely N-dealkylation sites (N-methyl/N-ethyl adjacent to an activating group) is 1. The zero-order valence-corrected chi connectivity index (χ0v) is 21.6. The van der Waals surface area contributed by atoms with Crippen molar-refractivity contribution in [1.29, 1.82) is 0 Å². The first kappa shape index (κ1) is 25.4. The third-order valence-corrected chi connectivity index (χ3v) is 7.98. The van der Waals surface area contributed by atoms with Gasteiger partial charge in [0.2, 0.25) is 5.66 Å². The number of fused-ring (bicyclic) bond motifs is 1. The molecule has 1 atom stereocenters. The number of hydrogen-bond acceptors (Lipinski definition) is 5. The summed E-state index contributed by atoms with van der Waals surface area (Å²) in [5.41, 5.74) is 7.97. The van der Waals surface area contributed by atoms with Crippen molar-refractivity contribution in [3.8, 4) is 0 Å². The molecule has 8 heteroatoms. The third kappa shape index (κ3) is 5.00. The molecule has 2 fully saturated rings. The van der Waals surface area contributed by atoms with Crippen LogP contribution in [0.5, 0.6) is 0 Å². The highest BCUT2D eigenvalue weighted by Gasteiger charge is 2.54. The van der Waals surface area contributed by atoms with Crippen LogP contribution in [0.3, 0.4) is 0 Å². The number of nitrogens with zero attached hydrogens (tertiary/aromatic N) is 4. The molecule has 0 radical (unpaired) electrons. The number of anilines is 2. The molecule has 2 aromatic rings. The topological polar surface area (TPSA) is 91.5 Å². The van der Waals surface area contributed by atoms with Crippen molar-refractivity contribution in [1.82, 2.24) is 4.90 Å². The first-order valence-electron chi connectivity index (χ1n) is 13.4. The van der Waals surface area contributed by atoms with E-state index in [1.165, 1.54) is 4.90 Å².